The average Bonchev–Trinajstić information content (AvgIpc) is 3.26. The zero-order valence-electron chi connectivity index (χ0n) is 18.1. The molecule has 0 spiro atoms. The molecule has 9 heteroatoms. The number of benzene rings is 2. The van der Waals surface area contributed by atoms with Crippen LogP contribution in [-0.4, -0.2) is 57.3 Å². The van der Waals surface area contributed by atoms with Crippen molar-refractivity contribution in [1.29, 1.82) is 0 Å². The molecule has 1 saturated heterocycles. The summed E-state index contributed by atoms with van der Waals surface area (Å²) in [5.41, 5.74) is 3.45. The molecule has 3 heterocycles. The number of rotatable bonds is 4. The summed E-state index contributed by atoms with van der Waals surface area (Å²) in [7, 11) is 0. The van der Waals surface area contributed by atoms with Crippen LogP contribution in [0.5, 0.6) is 5.75 Å². The van der Waals surface area contributed by atoms with E-state index in [2.05, 4.69) is 20.5 Å². The Kier molecular flexibility index (Phi) is 6.00. The quantitative estimate of drug-likeness (QED) is 0.406. The third-order valence-electron chi connectivity index (χ3n) is 5.74. The molecule has 2 aromatic carbocycles. The maximum absolute atomic E-state index is 13.6. The number of nitrogens with zero attached hydrogens (tertiary/aromatic N) is 3. The van der Waals surface area contributed by atoms with Gasteiger partial charge in [-0.3, -0.25) is 9.89 Å². The van der Waals surface area contributed by atoms with Crippen LogP contribution in [0.1, 0.15) is 21.6 Å². The average molecular weight is 478 g/mol. The van der Waals surface area contributed by atoms with E-state index in [0.29, 0.717) is 46.6 Å². The van der Waals surface area contributed by atoms with Crippen LogP contribution in [0.25, 0.3) is 34.4 Å². The second-order valence-corrected chi connectivity index (χ2v) is 8.38. The monoisotopic (exact) mass is 477 g/mol. The molecular formula is C25H21ClFN5O2. The van der Waals surface area contributed by atoms with Crippen LogP contribution in [0.3, 0.4) is 0 Å². The van der Waals surface area contributed by atoms with Crippen molar-refractivity contribution in [2.75, 3.05) is 26.2 Å². The molecule has 4 aromatic rings. The van der Waals surface area contributed by atoms with E-state index in [-0.39, 0.29) is 16.7 Å². The second kappa shape index (κ2) is 9.24. The number of H-pyrrole nitrogens is 1. The van der Waals surface area contributed by atoms with Gasteiger partial charge in [0.1, 0.15) is 11.6 Å². The lowest BCUT2D eigenvalue weighted by Crippen LogP contribution is -2.46. The van der Waals surface area contributed by atoms with Crippen molar-refractivity contribution in [3.63, 3.8) is 0 Å². The molecule has 2 aromatic heterocycles. The number of phenolic OH excluding ortho intramolecular Hbond substituents is 1. The number of aromatic nitrogens is 3. The van der Waals surface area contributed by atoms with E-state index in [1.165, 1.54) is 12.1 Å². The van der Waals surface area contributed by atoms with Gasteiger partial charge in [-0.15, -0.1) is 0 Å². The topological polar surface area (TPSA) is 94.1 Å². The number of carbonyl (C=O) groups is 1. The van der Waals surface area contributed by atoms with E-state index in [9.17, 15) is 14.3 Å². The molecule has 0 saturated carbocycles. The summed E-state index contributed by atoms with van der Waals surface area (Å²) in [4.78, 5) is 20.1. The molecule has 0 aliphatic carbocycles. The van der Waals surface area contributed by atoms with Gasteiger partial charge in [-0.25, -0.2) is 9.37 Å². The smallest absolute Gasteiger partial charge is 0.254 e. The molecule has 1 aliphatic heterocycles. The maximum atomic E-state index is 13.6. The van der Waals surface area contributed by atoms with Gasteiger partial charge in [-0.05, 0) is 54.1 Å². The summed E-state index contributed by atoms with van der Waals surface area (Å²) in [5, 5.41) is 21.1. The van der Waals surface area contributed by atoms with Crippen molar-refractivity contribution < 1.29 is 14.3 Å². The van der Waals surface area contributed by atoms with E-state index >= 15 is 0 Å². The van der Waals surface area contributed by atoms with Crippen LogP contribution in [0.15, 0.2) is 48.5 Å². The Morgan fingerprint density at radius 1 is 1.09 bits per heavy atom. The Morgan fingerprint density at radius 2 is 1.85 bits per heavy atom. The predicted octanol–water partition coefficient (Wildman–Crippen LogP) is 4.34. The fourth-order valence-corrected chi connectivity index (χ4v) is 4.20. The van der Waals surface area contributed by atoms with Crippen LogP contribution in [0.2, 0.25) is 5.02 Å². The summed E-state index contributed by atoms with van der Waals surface area (Å²) in [6, 6.07) is 12.6. The Bertz CT molecular complexity index is 1390. The molecule has 0 bridgehead atoms. The lowest BCUT2D eigenvalue weighted by Gasteiger charge is -2.27. The minimum absolute atomic E-state index is 0.107. The highest BCUT2D eigenvalue weighted by atomic mass is 35.5. The first-order valence-corrected chi connectivity index (χ1v) is 11.2. The normalized spacial score (nSPS) is 14.2. The van der Waals surface area contributed by atoms with Crippen molar-refractivity contribution >= 4 is 40.7 Å². The number of phenols is 1. The number of halogens is 2. The molecule has 0 radical (unpaired) electrons. The molecule has 172 valence electrons. The third kappa shape index (κ3) is 4.37. The number of amides is 1. The fourth-order valence-electron chi connectivity index (χ4n) is 3.97. The predicted molar refractivity (Wildman–Crippen MR) is 130 cm³/mol. The Labute approximate surface area is 199 Å². The summed E-state index contributed by atoms with van der Waals surface area (Å²) in [6.07, 6.45) is 3.46. The summed E-state index contributed by atoms with van der Waals surface area (Å²) in [6.45, 7) is 2.66. The number of fused-ring (bicyclic) bond motifs is 1. The number of aromatic hydroxyl groups is 1. The second-order valence-electron chi connectivity index (χ2n) is 7.98. The largest absolute Gasteiger partial charge is 0.508 e. The first-order chi connectivity index (χ1) is 16.5. The van der Waals surface area contributed by atoms with Gasteiger partial charge in [0.05, 0.1) is 27.4 Å². The van der Waals surface area contributed by atoms with E-state index in [1.54, 1.807) is 48.6 Å². The van der Waals surface area contributed by atoms with Crippen molar-refractivity contribution in [3.8, 4) is 17.0 Å². The van der Waals surface area contributed by atoms with Gasteiger partial charge in [0.15, 0.2) is 5.65 Å². The molecule has 1 aliphatic rings. The molecule has 3 N–H and O–H groups in total. The number of hydrogen-bond donors (Lipinski definition) is 3. The molecule has 0 unspecified atom stereocenters. The zero-order valence-corrected chi connectivity index (χ0v) is 18.8. The van der Waals surface area contributed by atoms with Crippen LogP contribution < -0.4 is 5.32 Å². The molecule has 34 heavy (non-hydrogen) atoms. The molecule has 0 atom stereocenters. The summed E-state index contributed by atoms with van der Waals surface area (Å²) in [5.74, 6) is -0.373. The number of hydrogen-bond acceptors (Lipinski definition) is 5. The van der Waals surface area contributed by atoms with Gasteiger partial charge < -0.3 is 15.3 Å². The highest BCUT2D eigenvalue weighted by molar-refractivity contribution is 6.32. The fraction of sp³-hybridized carbons (Fsp3) is 0.160. The van der Waals surface area contributed by atoms with Gasteiger partial charge >= 0.3 is 0 Å². The SMILES string of the molecule is O=C(c1cc(-c2ccc(O)cc2)nc2[nH]nc(C=Cc3ccc(F)cc3Cl)c12)N1CCNCC1. The Balaban J connectivity index is 1.62. The van der Waals surface area contributed by atoms with E-state index < -0.39 is 5.82 Å². The van der Waals surface area contributed by atoms with Crippen molar-refractivity contribution in [1.82, 2.24) is 25.4 Å². The van der Waals surface area contributed by atoms with Gasteiger partial charge in [-0.1, -0.05) is 23.7 Å². The van der Waals surface area contributed by atoms with Crippen molar-refractivity contribution in [3.05, 3.63) is 76.2 Å². The standard InChI is InChI=1S/C25H21ClFN5O2/c26-20-13-17(27)5-1-15(20)4-8-21-23-19(25(34)32-11-9-28-10-12-32)14-22(29-24(23)31-30-21)16-2-6-18(33)7-3-16/h1-8,13-14,28,33H,9-12H2,(H,29,30,31). The summed E-state index contributed by atoms with van der Waals surface area (Å²) >= 11 is 6.15. The number of nitrogens with one attached hydrogen (secondary N) is 2. The third-order valence-corrected chi connectivity index (χ3v) is 6.07. The first-order valence-electron chi connectivity index (χ1n) is 10.8. The Morgan fingerprint density at radius 3 is 2.59 bits per heavy atom. The highest BCUT2D eigenvalue weighted by Gasteiger charge is 2.24. The molecule has 1 amide bonds. The van der Waals surface area contributed by atoms with Gasteiger partial charge in [-0.2, -0.15) is 5.10 Å². The molecule has 1 fully saturated rings. The number of pyridine rings is 1. The van der Waals surface area contributed by atoms with Crippen LogP contribution in [0.4, 0.5) is 4.39 Å². The summed E-state index contributed by atoms with van der Waals surface area (Å²) < 4.78 is 13.4. The van der Waals surface area contributed by atoms with Crippen LogP contribution >= 0.6 is 11.6 Å². The molecule has 7 nitrogen and oxygen atoms in total. The van der Waals surface area contributed by atoms with Gasteiger partial charge in [0.2, 0.25) is 0 Å². The minimum atomic E-state index is -0.415. The highest BCUT2D eigenvalue weighted by Crippen LogP contribution is 2.29. The van der Waals surface area contributed by atoms with E-state index in [1.807, 2.05) is 4.90 Å². The molecular weight excluding hydrogens is 457 g/mol. The number of piperazine rings is 1. The van der Waals surface area contributed by atoms with Crippen molar-refractivity contribution in [2.45, 2.75) is 0 Å². The lowest BCUT2D eigenvalue weighted by molar-refractivity contribution is 0.0737. The lowest BCUT2D eigenvalue weighted by atomic mass is 10.0. The first kappa shape index (κ1) is 22.1. The van der Waals surface area contributed by atoms with E-state index in [4.69, 9.17) is 11.6 Å². The van der Waals surface area contributed by atoms with Crippen LogP contribution in [0, 0.1) is 5.82 Å². The number of carbonyl (C=O) groups excluding carboxylic acids is 1. The zero-order chi connectivity index (χ0) is 23.7. The van der Waals surface area contributed by atoms with Crippen LogP contribution in [-0.2, 0) is 0 Å². The van der Waals surface area contributed by atoms with Gasteiger partial charge in [0.25, 0.3) is 5.91 Å². The Hall–Kier alpha value is -3.75. The van der Waals surface area contributed by atoms with Crippen molar-refractivity contribution in [2.24, 2.45) is 0 Å². The van der Waals surface area contributed by atoms with Gasteiger partial charge in [0, 0.05) is 31.7 Å². The van der Waals surface area contributed by atoms with E-state index in [0.717, 1.165) is 18.7 Å². The number of aromatic amines is 1. The maximum Gasteiger partial charge on any atom is 0.254 e. The molecule has 5 rings (SSSR count). The minimum Gasteiger partial charge on any atom is -0.508 e.